The first-order chi connectivity index (χ1) is 22.9. The smallest absolute Gasteiger partial charge is 0.335 e. The van der Waals surface area contributed by atoms with Crippen molar-refractivity contribution in [3.63, 3.8) is 0 Å². The number of likely N-dealkylation sites (tertiary alicyclic amines) is 1. The quantitative estimate of drug-likeness (QED) is 0.206. The van der Waals surface area contributed by atoms with E-state index in [1.807, 2.05) is 36.2 Å². The molecule has 6 N–H and O–H groups in total. The van der Waals surface area contributed by atoms with Gasteiger partial charge in [0.15, 0.2) is 5.70 Å². The summed E-state index contributed by atoms with van der Waals surface area (Å²) in [5.74, 6) is -0.252. The van der Waals surface area contributed by atoms with E-state index in [9.17, 15) is 19.2 Å². The highest BCUT2D eigenvalue weighted by Gasteiger charge is 2.34. The van der Waals surface area contributed by atoms with Crippen LogP contribution < -0.4 is 27.6 Å². The Labute approximate surface area is 286 Å². The number of carbonyl (C=O) groups is 2. The van der Waals surface area contributed by atoms with Crippen LogP contribution in [0.25, 0.3) is 11.3 Å². The fourth-order valence-corrected chi connectivity index (χ4v) is 6.40. The zero-order valence-corrected chi connectivity index (χ0v) is 29.0. The highest BCUT2D eigenvalue weighted by Crippen LogP contribution is 2.30. The van der Waals surface area contributed by atoms with Crippen molar-refractivity contribution in [3.8, 4) is 5.69 Å². The number of allylic oxidation sites excluding steroid dienone is 3. The highest BCUT2D eigenvalue weighted by atomic mass is 79.9. The lowest BCUT2D eigenvalue weighted by Gasteiger charge is -2.32. The largest absolute Gasteiger partial charge is 0.390 e. The van der Waals surface area contributed by atoms with Crippen LogP contribution in [0.5, 0.6) is 0 Å². The van der Waals surface area contributed by atoms with E-state index in [4.69, 9.17) is 11.1 Å². The molecule has 2 aliphatic rings. The normalized spacial score (nSPS) is 15.5. The van der Waals surface area contributed by atoms with Gasteiger partial charge in [0.1, 0.15) is 11.3 Å². The molecule has 0 atom stereocenters. The van der Waals surface area contributed by atoms with E-state index in [2.05, 4.69) is 32.3 Å². The zero-order valence-electron chi connectivity index (χ0n) is 27.4. The number of nitrogens with one attached hydrogen (secondary N) is 2. The van der Waals surface area contributed by atoms with Crippen LogP contribution in [0.3, 0.4) is 0 Å². The molecule has 2 aromatic carbocycles. The number of benzene rings is 2. The summed E-state index contributed by atoms with van der Waals surface area (Å²) in [5, 5.41) is 13.3. The molecule has 2 aliphatic heterocycles. The number of aliphatic imine (C=N–C) groups is 1. The number of piperidine rings is 1. The Bertz CT molecular complexity index is 1960. The number of amides is 2. The average Bonchev–Trinajstić information content (AvgIpc) is 3.51. The van der Waals surface area contributed by atoms with Gasteiger partial charge in [-0.15, -0.1) is 0 Å². The molecule has 13 heteroatoms. The Morgan fingerprint density at radius 2 is 1.77 bits per heavy atom. The maximum Gasteiger partial charge on any atom is 0.335 e. The maximum absolute atomic E-state index is 13.5. The molecule has 48 heavy (non-hydrogen) atoms. The predicted molar refractivity (Wildman–Crippen MR) is 190 cm³/mol. The third kappa shape index (κ3) is 7.16. The van der Waals surface area contributed by atoms with E-state index in [1.54, 1.807) is 50.2 Å². The summed E-state index contributed by atoms with van der Waals surface area (Å²) < 4.78 is 3.05. The third-order valence-electron chi connectivity index (χ3n) is 8.58. The number of halogens is 1. The Kier molecular flexibility index (Phi) is 10.4. The van der Waals surface area contributed by atoms with Crippen LogP contribution in [0, 0.1) is 17.2 Å². The van der Waals surface area contributed by atoms with Gasteiger partial charge in [-0.05, 0) is 62.6 Å². The van der Waals surface area contributed by atoms with Gasteiger partial charge >= 0.3 is 5.69 Å². The van der Waals surface area contributed by atoms with Gasteiger partial charge in [0, 0.05) is 53.4 Å². The summed E-state index contributed by atoms with van der Waals surface area (Å²) in [4.78, 5) is 58.7. The second kappa shape index (κ2) is 14.5. The molecule has 12 nitrogen and oxygen atoms in total. The van der Waals surface area contributed by atoms with Crippen LogP contribution in [0.1, 0.15) is 62.5 Å². The van der Waals surface area contributed by atoms with E-state index in [0.29, 0.717) is 34.6 Å². The topological polar surface area (TPSA) is 172 Å². The first-order valence-electron chi connectivity index (χ1n) is 15.9. The lowest BCUT2D eigenvalue weighted by atomic mass is 9.92. The van der Waals surface area contributed by atoms with Crippen molar-refractivity contribution in [1.82, 2.24) is 14.0 Å². The monoisotopic (exact) mass is 715 g/mol. The number of nitrogens with two attached hydrogens (primary N) is 2. The van der Waals surface area contributed by atoms with Gasteiger partial charge in [0.25, 0.3) is 11.5 Å². The molecule has 2 amide bonds. The Hall–Kier alpha value is -4.88. The molecule has 1 fully saturated rings. The van der Waals surface area contributed by atoms with Crippen LogP contribution in [0.15, 0.2) is 91.3 Å². The predicted octanol–water partition coefficient (Wildman–Crippen LogP) is 3.63. The minimum atomic E-state index is -0.726. The summed E-state index contributed by atoms with van der Waals surface area (Å²) >= 11 is 3.38. The van der Waals surface area contributed by atoms with Gasteiger partial charge in [-0.3, -0.25) is 29.7 Å². The van der Waals surface area contributed by atoms with E-state index < -0.39 is 17.2 Å². The minimum Gasteiger partial charge on any atom is -0.390 e. The van der Waals surface area contributed by atoms with Crippen LogP contribution in [-0.4, -0.2) is 51.1 Å². The lowest BCUT2D eigenvalue weighted by molar-refractivity contribution is -0.549. The first-order valence-corrected chi connectivity index (χ1v) is 16.7. The summed E-state index contributed by atoms with van der Waals surface area (Å²) in [6.45, 7) is 8.81. The molecule has 0 radical (unpaired) electrons. The molecule has 250 valence electrons. The second-order valence-electron chi connectivity index (χ2n) is 12.5. The minimum absolute atomic E-state index is 0.0329. The molecule has 0 bridgehead atoms. The van der Waals surface area contributed by atoms with Crippen molar-refractivity contribution < 1.29 is 14.9 Å². The van der Waals surface area contributed by atoms with Gasteiger partial charge in [0.05, 0.1) is 17.6 Å². The number of hydrogen-bond acceptors (Lipinski definition) is 5. The summed E-state index contributed by atoms with van der Waals surface area (Å²) in [6, 6.07) is 13.6. The molecule has 3 heterocycles. The molecular formula is C35H40BrN8O4+. The second-order valence-corrected chi connectivity index (χ2v) is 13.4. The molecule has 0 saturated carbocycles. The number of aromatic nitrogens is 2. The summed E-state index contributed by atoms with van der Waals surface area (Å²) in [7, 11) is 0. The SMILES string of the molecule is CC(C)C(=O)N1CCC(C2=CC(c3ccc(NC(=O)c4cn(C(C)C)c(=O)n(-c5cccc(Br)c5)c4=O)cc3)=C(C(=N)N=CN)[NH2+]2)CC1. The Balaban J connectivity index is 1.40. The molecule has 0 unspecified atom stereocenters. The van der Waals surface area contributed by atoms with Crippen molar-refractivity contribution in [2.75, 3.05) is 18.4 Å². The average molecular weight is 717 g/mol. The summed E-state index contributed by atoms with van der Waals surface area (Å²) in [5.41, 5.74) is 8.20. The van der Waals surface area contributed by atoms with Crippen LogP contribution >= 0.6 is 15.9 Å². The lowest BCUT2D eigenvalue weighted by Crippen LogP contribution is -2.81. The third-order valence-corrected chi connectivity index (χ3v) is 9.07. The molecular weight excluding hydrogens is 676 g/mol. The Morgan fingerprint density at radius 1 is 1.08 bits per heavy atom. The summed E-state index contributed by atoms with van der Waals surface area (Å²) in [6.07, 6.45) is 6.12. The van der Waals surface area contributed by atoms with Crippen LogP contribution in [0.2, 0.25) is 0 Å². The molecule has 1 aromatic heterocycles. The van der Waals surface area contributed by atoms with Crippen molar-refractivity contribution in [1.29, 1.82) is 5.41 Å². The molecule has 3 aromatic rings. The number of amidine groups is 1. The molecule has 0 spiro atoms. The molecule has 5 rings (SSSR count). The maximum atomic E-state index is 13.5. The van der Waals surface area contributed by atoms with E-state index >= 15 is 0 Å². The van der Waals surface area contributed by atoms with Gasteiger partial charge in [-0.25, -0.2) is 14.4 Å². The van der Waals surface area contributed by atoms with Crippen molar-refractivity contribution >= 4 is 51.2 Å². The number of rotatable bonds is 8. The number of hydrogen-bond donors (Lipinski definition) is 4. The van der Waals surface area contributed by atoms with Crippen LogP contribution in [0.4, 0.5) is 5.69 Å². The zero-order chi connectivity index (χ0) is 34.7. The van der Waals surface area contributed by atoms with Gasteiger partial charge in [-0.2, -0.15) is 0 Å². The van der Waals surface area contributed by atoms with E-state index in [0.717, 1.165) is 40.6 Å². The number of quaternary nitrogens is 1. The fourth-order valence-electron chi connectivity index (χ4n) is 6.02. The highest BCUT2D eigenvalue weighted by molar-refractivity contribution is 9.10. The standard InChI is InChI=1S/C35H39BrN8O4/c1-20(2)33(46)42-14-12-23(13-15-42)29-17-27(30(41-29)31(38)39-19-37)22-8-10-25(11-9-22)40-32(45)28-18-43(21(3)4)35(48)44(34(28)47)26-7-5-6-24(36)16-26/h5-11,16-21,23,41H,12-15H2,1-4H3,(H,40,45)(H3,37,38,39)/p+1. The number of anilines is 1. The first kappa shape index (κ1) is 34.5. The number of carbonyl (C=O) groups excluding carboxylic acids is 2. The van der Waals surface area contributed by atoms with Crippen molar-refractivity contribution in [2.24, 2.45) is 22.6 Å². The van der Waals surface area contributed by atoms with Gasteiger partial charge in [0.2, 0.25) is 11.7 Å². The van der Waals surface area contributed by atoms with E-state index in [-0.39, 0.29) is 35.2 Å². The van der Waals surface area contributed by atoms with Crippen LogP contribution in [-0.2, 0) is 4.79 Å². The molecule has 1 saturated heterocycles. The molecule has 0 aliphatic carbocycles. The Morgan fingerprint density at radius 3 is 2.38 bits per heavy atom. The van der Waals surface area contributed by atoms with Gasteiger partial charge in [-0.1, -0.05) is 48.0 Å². The van der Waals surface area contributed by atoms with E-state index in [1.165, 1.54) is 10.8 Å². The fraction of sp³-hybridized carbons (Fsp3) is 0.314. The van der Waals surface area contributed by atoms with Crippen molar-refractivity contribution in [2.45, 2.75) is 46.6 Å². The van der Waals surface area contributed by atoms with Gasteiger partial charge < -0.3 is 16.0 Å². The van der Waals surface area contributed by atoms with Crippen molar-refractivity contribution in [3.05, 3.63) is 109 Å². The number of nitrogens with zero attached hydrogens (tertiary/aromatic N) is 4.